The van der Waals surface area contributed by atoms with Gasteiger partial charge in [0.1, 0.15) is 0 Å². The van der Waals surface area contributed by atoms with E-state index in [1.807, 2.05) is 12.1 Å². The van der Waals surface area contributed by atoms with Crippen molar-refractivity contribution in [1.29, 1.82) is 0 Å². The van der Waals surface area contributed by atoms with E-state index in [0.717, 1.165) is 17.7 Å². The van der Waals surface area contributed by atoms with E-state index in [0.29, 0.717) is 30.2 Å². The zero-order valence-corrected chi connectivity index (χ0v) is 15.7. The minimum atomic E-state index is -4.39. The third-order valence-electron chi connectivity index (χ3n) is 4.05. The first kappa shape index (κ1) is 21.4. The molecule has 8 heteroatoms. The van der Waals surface area contributed by atoms with Gasteiger partial charge in [0.05, 0.1) is 19.8 Å². The van der Waals surface area contributed by atoms with Gasteiger partial charge in [0, 0.05) is 25.2 Å². The highest BCUT2D eigenvalue weighted by atomic mass is 19.4. The number of alkyl halides is 3. The Morgan fingerprint density at radius 3 is 2.43 bits per heavy atom. The Morgan fingerprint density at radius 2 is 1.75 bits per heavy atom. The summed E-state index contributed by atoms with van der Waals surface area (Å²) in [5.41, 5.74) is 0.588. The predicted octanol–water partition coefficient (Wildman–Crippen LogP) is 3.88. The Bertz CT molecular complexity index is 795. The first-order valence-corrected chi connectivity index (χ1v) is 8.72. The van der Waals surface area contributed by atoms with Crippen LogP contribution in [-0.2, 0) is 17.4 Å². The molecule has 152 valence electrons. The summed E-state index contributed by atoms with van der Waals surface area (Å²) in [6, 6.07) is 10.4. The van der Waals surface area contributed by atoms with Crippen molar-refractivity contribution >= 4 is 11.6 Å². The SMILES string of the molecule is COc1ccc(CCNC(=O)CCNc2cccc(C(F)(F)F)c2)cc1OC. The Balaban J connectivity index is 1.73. The Labute approximate surface area is 161 Å². The van der Waals surface area contributed by atoms with Crippen LogP contribution in [0.4, 0.5) is 18.9 Å². The van der Waals surface area contributed by atoms with Crippen molar-refractivity contribution in [2.75, 3.05) is 32.6 Å². The van der Waals surface area contributed by atoms with Crippen LogP contribution in [0.1, 0.15) is 17.5 Å². The minimum absolute atomic E-state index is 0.155. The van der Waals surface area contributed by atoms with E-state index in [1.165, 1.54) is 12.1 Å². The summed E-state index contributed by atoms with van der Waals surface area (Å²) in [7, 11) is 3.12. The monoisotopic (exact) mass is 396 g/mol. The summed E-state index contributed by atoms with van der Waals surface area (Å²) in [5.74, 6) is 1.08. The molecule has 0 aromatic heterocycles. The molecule has 0 atom stereocenters. The third kappa shape index (κ3) is 6.37. The van der Waals surface area contributed by atoms with Gasteiger partial charge in [-0.05, 0) is 42.3 Å². The minimum Gasteiger partial charge on any atom is -0.493 e. The molecule has 2 rings (SSSR count). The maximum atomic E-state index is 12.7. The van der Waals surface area contributed by atoms with Crippen molar-refractivity contribution in [3.05, 3.63) is 53.6 Å². The number of carbonyl (C=O) groups is 1. The van der Waals surface area contributed by atoms with Crippen molar-refractivity contribution in [2.24, 2.45) is 0 Å². The third-order valence-corrected chi connectivity index (χ3v) is 4.05. The van der Waals surface area contributed by atoms with Gasteiger partial charge in [0.25, 0.3) is 0 Å². The molecule has 0 saturated heterocycles. The zero-order chi connectivity index (χ0) is 20.6. The molecule has 5 nitrogen and oxygen atoms in total. The highest BCUT2D eigenvalue weighted by Crippen LogP contribution is 2.30. The van der Waals surface area contributed by atoms with Crippen LogP contribution < -0.4 is 20.1 Å². The van der Waals surface area contributed by atoms with Crippen LogP contribution in [-0.4, -0.2) is 33.2 Å². The maximum absolute atomic E-state index is 12.7. The summed E-state index contributed by atoms with van der Waals surface area (Å²) in [5, 5.41) is 5.62. The van der Waals surface area contributed by atoms with Crippen LogP contribution in [0.5, 0.6) is 11.5 Å². The van der Waals surface area contributed by atoms with E-state index in [9.17, 15) is 18.0 Å². The molecular formula is C20H23F3N2O3. The number of hydrogen-bond donors (Lipinski definition) is 2. The second-order valence-electron chi connectivity index (χ2n) is 6.04. The number of rotatable bonds is 9. The molecule has 0 spiro atoms. The van der Waals surface area contributed by atoms with E-state index >= 15 is 0 Å². The van der Waals surface area contributed by atoms with Gasteiger partial charge in [-0.2, -0.15) is 13.2 Å². The molecule has 0 aliphatic carbocycles. The zero-order valence-electron chi connectivity index (χ0n) is 15.7. The van der Waals surface area contributed by atoms with Crippen molar-refractivity contribution in [3.8, 4) is 11.5 Å². The number of anilines is 1. The number of amides is 1. The molecule has 0 bridgehead atoms. The molecule has 2 N–H and O–H groups in total. The Hall–Kier alpha value is -2.90. The molecule has 0 aliphatic heterocycles. The Morgan fingerprint density at radius 1 is 1.00 bits per heavy atom. The molecule has 1 amide bonds. The highest BCUT2D eigenvalue weighted by molar-refractivity contribution is 5.76. The molecule has 0 saturated carbocycles. The van der Waals surface area contributed by atoms with Crippen LogP contribution >= 0.6 is 0 Å². The largest absolute Gasteiger partial charge is 0.493 e. The highest BCUT2D eigenvalue weighted by Gasteiger charge is 2.30. The summed E-state index contributed by atoms with van der Waals surface area (Å²) in [4.78, 5) is 11.9. The second kappa shape index (κ2) is 9.87. The fraction of sp³-hybridized carbons (Fsp3) is 0.350. The maximum Gasteiger partial charge on any atom is 0.416 e. The van der Waals surface area contributed by atoms with Crippen molar-refractivity contribution in [1.82, 2.24) is 5.32 Å². The van der Waals surface area contributed by atoms with Crippen LogP contribution in [0.25, 0.3) is 0 Å². The molecular weight excluding hydrogens is 373 g/mol. The average molecular weight is 396 g/mol. The quantitative estimate of drug-likeness (QED) is 0.675. The first-order valence-electron chi connectivity index (χ1n) is 8.72. The normalized spacial score (nSPS) is 11.0. The van der Waals surface area contributed by atoms with Crippen LogP contribution in [0.2, 0.25) is 0 Å². The van der Waals surface area contributed by atoms with Gasteiger partial charge in [-0.3, -0.25) is 4.79 Å². The lowest BCUT2D eigenvalue weighted by Gasteiger charge is -2.11. The van der Waals surface area contributed by atoms with Gasteiger partial charge < -0.3 is 20.1 Å². The molecule has 0 radical (unpaired) electrons. The standard InChI is InChI=1S/C20H23F3N2O3/c1-27-17-7-6-14(12-18(17)28-2)8-10-25-19(26)9-11-24-16-5-3-4-15(13-16)20(21,22)23/h3-7,12-13,24H,8-11H2,1-2H3,(H,25,26). The summed E-state index contributed by atoms with van der Waals surface area (Å²) >= 11 is 0. The Kier molecular flexibility index (Phi) is 7.54. The van der Waals surface area contributed by atoms with Gasteiger partial charge in [0.15, 0.2) is 11.5 Å². The number of benzene rings is 2. The first-order chi connectivity index (χ1) is 13.3. The topological polar surface area (TPSA) is 59.6 Å². The van der Waals surface area contributed by atoms with Gasteiger partial charge in [-0.1, -0.05) is 12.1 Å². The van der Waals surface area contributed by atoms with Crippen molar-refractivity contribution < 1.29 is 27.4 Å². The average Bonchev–Trinajstić information content (AvgIpc) is 2.67. The molecule has 0 heterocycles. The van der Waals surface area contributed by atoms with Gasteiger partial charge >= 0.3 is 6.18 Å². The number of ether oxygens (including phenoxy) is 2. The number of methoxy groups -OCH3 is 2. The van der Waals surface area contributed by atoms with Crippen LogP contribution in [0.15, 0.2) is 42.5 Å². The van der Waals surface area contributed by atoms with E-state index in [1.54, 1.807) is 20.3 Å². The molecule has 0 unspecified atom stereocenters. The summed E-state index contributed by atoms with van der Waals surface area (Å²) < 4.78 is 48.5. The number of hydrogen-bond acceptors (Lipinski definition) is 4. The fourth-order valence-corrected chi connectivity index (χ4v) is 2.60. The second-order valence-corrected chi connectivity index (χ2v) is 6.04. The van der Waals surface area contributed by atoms with E-state index in [2.05, 4.69) is 10.6 Å². The number of halogens is 3. The lowest BCUT2D eigenvalue weighted by Crippen LogP contribution is -2.27. The van der Waals surface area contributed by atoms with Crippen molar-refractivity contribution in [2.45, 2.75) is 19.0 Å². The van der Waals surface area contributed by atoms with E-state index in [4.69, 9.17) is 9.47 Å². The van der Waals surface area contributed by atoms with E-state index in [-0.39, 0.29) is 18.9 Å². The molecule has 28 heavy (non-hydrogen) atoms. The van der Waals surface area contributed by atoms with Crippen molar-refractivity contribution in [3.63, 3.8) is 0 Å². The lowest BCUT2D eigenvalue weighted by atomic mass is 10.1. The smallest absolute Gasteiger partial charge is 0.416 e. The van der Waals surface area contributed by atoms with Gasteiger partial charge in [0.2, 0.25) is 5.91 Å². The number of nitrogens with one attached hydrogen (secondary N) is 2. The number of carbonyl (C=O) groups excluding carboxylic acids is 1. The fourth-order valence-electron chi connectivity index (χ4n) is 2.60. The van der Waals surface area contributed by atoms with Gasteiger partial charge in [-0.15, -0.1) is 0 Å². The molecule has 2 aromatic carbocycles. The van der Waals surface area contributed by atoms with Gasteiger partial charge in [-0.25, -0.2) is 0 Å². The van der Waals surface area contributed by atoms with E-state index < -0.39 is 11.7 Å². The summed E-state index contributed by atoms with van der Waals surface area (Å²) in [6.07, 6.45) is -3.62. The molecule has 0 aliphatic rings. The lowest BCUT2D eigenvalue weighted by molar-refractivity contribution is -0.137. The van der Waals surface area contributed by atoms with Crippen LogP contribution in [0.3, 0.4) is 0 Å². The molecule has 0 fully saturated rings. The predicted molar refractivity (Wildman–Crippen MR) is 101 cm³/mol. The summed E-state index contributed by atoms with van der Waals surface area (Å²) in [6.45, 7) is 0.682. The molecule has 2 aromatic rings. The van der Waals surface area contributed by atoms with Crippen LogP contribution in [0, 0.1) is 0 Å².